The first-order valence-electron chi connectivity index (χ1n) is 10.3. The molecule has 0 spiro atoms. The molecule has 0 saturated carbocycles. The molecule has 0 bridgehead atoms. The van der Waals surface area contributed by atoms with Crippen LogP contribution in [0.15, 0.2) is 29.4 Å². The van der Waals surface area contributed by atoms with E-state index in [1.54, 1.807) is 7.11 Å². The molecule has 2 amide bonds. The number of fused-ring (bicyclic) bond motifs is 1. The summed E-state index contributed by atoms with van der Waals surface area (Å²) in [7, 11) is 3.47. The van der Waals surface area contributed by atoms with Crippen molar-refractivity contribution < 1.29 is 14.3 Å². The van der Waals surface area contributed by atoms with Crippen molar-refractivity contribution in [1.82, 2.24) is 14.8 Å². The fourth-order valence-electron chi connectivity index (χ4n) is 3.85. The van der Waals surface area contributed by atoms with Gasteiger partial charge < -0.3 is 20.4 Å². The lowest BCUT2D eigenvalue weighted by Crippen LogP contribution is -2.20. The third-order valence-corrected chi connectivity index (χ3v) is 7.70. The minimum Gasteiger partial charge on any atom is -0.497 e. The Morgan fingerprint density at radius 2 is 2.19 bits per heavy atom. The summed E-state index contributed by atoms with van der Waals surface area (Å²) in [5.41, 5.74) is 7.98. The lowest BCUT2D eigenvalue weighted by Gasteiger charge is -2.18. The molecule has 1 atom stereocenters. The lowest BCUT2D eigenvalue weighted by atomic mass is 9.88. The molecule has 3 N–H and O–H groups in total. The fourth-order valence-corrected chi connectivity index (χ4v) is 5.99. The minimum absolute atomic E-state index is 0.140. The number of ether oxygens (including phenoxy) is 1. The summed E-state index contributed by atoms with van der Waals surface area (Å²) in [6.07, 6.45) is 2.76. The highest BCUT2D eigenvalue weighted by molar-refractivity contribution is 7.99. The molecule has 168 valence electrons. The van der Waals surface area contributed by atoms with E-state index in [1.807, 2.05) is 35.9 Å². The Balaban J connectivity index is 1.45. The van der Waals surface area contributed by atoms with Crippen molar-refractivity contribution in [3.05, 3.63) is 40.3 Å². The van der Waals surface area contributed by atoms with Gasteiger partial charge in [-0.3, -0.25) is 9.59 Å². The Morgan fingerprint density at radius 1 is 1.38 bits per heavy atom. The number of nitrogens with two attached hydrogens (primary N) is 1. The Kier molecular flexibility index (Phi) is 6.52. The predicted molar refractivity (Wildman–Crippen MR) is 126 cm³/mol. The molecule has 0 fully saturated rings. The van der Waals surface area contributed by atoms with E-state index in [0.717, 1.165) is 41.0 Å². The number of thiophene rings is 1. The van der Waals surface area contributed by atoms with Crippen LogP contribution >= 0.6 is 23.1 Å². The summed E-state index contributed by atoms with van der Waals surface area (Å²) in [5, 5.41) is 12.5. The number of methoxy groups -OCH3 is 1. The van der Waals surface area contributed by atoms with Crippen molar-refractivity contribution >= 4 is 39.9 Å². The number of aromatic nitrogens is 3. The third kappa shape index (κ3) is 4.51. The van der Waals surface area contributed by atoms with E-state index in [0.29, 0.717) is 27.5 Å². The van der Waals surface area contributed by atoms with Gasteiger partial charge in [-0.05, 0) is 42.9 Å². The van der Waals surface area contributed by atoms with E-state index in [2.05, 4.69) is 22.4 Å². The summed E-state index contributed by atoms with van der Waals surface area (Å²) in [4.78, 5) is 25.9. The standard InChI is InChI=1S/C22H25N5O3S2/c1-12-7-8-15-16(9-12)32-21(18(15)19(23)29)24-17(28)11-31-22-26-25-20(27(22)2)13-5-4-6-14(10-13)30-3/h4-6,10,12H,7-9,11H2,1-3H3,(H2,23,29)(H,24,28)/t12-/m1/s1. The second-order valence-corrected chi connectivity index (χ2v) is 9.90. The van der Waals surface area contributed by atoms with Crippen LogP contribution in [0, 0.1) is 5.92 Å². The maximum Gasteiger partial charge on any atom is 0.251 e. The van der Waals surface area contributed by atoms with Crippen molar-refractivity contribution in [3.63, 3.8) is 0 Å². The molecule has 0 unspecified atom stereocenters. The normalized spacial score (nSPS) is 15.3. The van der Waals surface area contributed by atoms with Gasteiger partial charge in [-0.15, -0.1) is 21.5 Å². The number of nitrogens with one attached hydrogen (secondary N) is 1. The van der Waals surface area contributed by atoms with Crippen LogP contribution in [0.2, 0.25) is 0 Å². The zero-order valence-electron chi connectivity index (χ0n) is 18.2. The van der Waals surface area contributed by atoms with Crippen LogP contribution in [0.5, 0.6) is 5.75 Å². The second kappa shape index (κ2) is 9.33. The van der Waals surface area contributed by atoms with E-state index in [9.17, 15) is 9.59 Å². The van der Waals surface area contributed by atoms with Crippen LogP contribution in [0.1, 0.15) is 34.1 Å². The molecular formula is C22H25N5O3S2. The Hall–Kier alpha value is -2.85. The van der Waals surface area contributed by atoms with Crippen LogP contribution in [0.4, 0.5) is 5.00 Å². The van der Waals surface area contributed by atoms with Crippen LogP contribution in [0.3, 0.4) is 0 Å². The number of benzene rings is 1. The molecule has 4 rings (SSSR count). The zero-order chi connectivity index (χ0) is 22.8. The van der Waals surface area contributed by atoms with Gasteiger partial charge in [0.15, 0.2) is 11.0 Å². The molecule has 0 aliphatic heterocycles. The number of carbonyl (C=O) groups is 2. The predicted octanol–water partition coefficient (Wildman–Crippen LogP) is 3.51. The first-order valence-corrected chi connectivity index (χ1v) is 12.1. The van der Waals surface area contributed by atoms with Crippen molar-refractivity contribution in [2.24, 2.45) is 18.7 Å². The molecule has 0 radical (unpaired) electrons. The molecule has 1 aliphatic carbocycles. The van der Waals surface area contributed by atoms with E-state index in [1.165, 1.54) is 23.1 Å². The van der Waals surface area contributed by atoms with Crippen molar-refractivity contribution in [3.8, 4) is 17.1 Å². The topological polar surface area (TPSA) is 112 Å². The second-order valence-electron chi connectivity index (χ2n) is 7.85. The zero-order valence-corrected chi connectivity index (χ0v) is 19.8. The number of primary amides is 1. The first-order chi connectivity index (χ1) is 15.4. The monoisotopic (exact) mass is 471 g/mol. The maximum absolute atomic E-state index is 12.7. The van der Waals surface area contributed by atoms with E-state index in [4.69, 9.17) is 10.5 Å². The Morgan fingerprint density at radius 3 is 2.94 bits per heavy atom. The highest BCUT2D eigenvalue weighted by Crippen LogP contribution is 2.39. The summed E-state index contributed by atoms with van der Waals surface area (Å²) >= 11 is 2.75. The number of anilines is 1. The van der Waals surface area contributed by atoms with Crippen LogP contribution in [-0.2, 0) is 24.7 Å². The summed E-state index contributed by atoms with van der Waals surface area (Å²) in [5.74, 6) is 1.42. The summed E-state index contributed by atoms with van der Waals surface area (Å²) < 4.78 is 7.11. The molecule has 1 aliphatic rings. The average Bonchev–Trinajstić information content (AvgIpc) is 3.31. The number of carbonyl (C=O) groups excluding carboxylic acids is 2. The van der Waals surface area contributed by atoms with Gasteiger partial charge in [0.25, 0.3) is 5.91 Å². The lowest BCUT2D eigenvalue weighted by molar-refractivity contribution is -0.113. The molecule has 2 heterocycles. The molecule has 32 heavy (non-hydrogen) atoms. The number of nitrogens with zero attached hydrogens (tertiary/aromatic N) is 3. The number of amides is 2. The van der Waals surface area contributed by atoms with Crippen molar-refractivity contribution in [2.45, 2.75) is 31.3 Å². The van der Waals surface area contributed by atoms with Gasteiger partial charge in [0.1, 0.15) is 10.8 Å². The van der Waals surface area contributed by atoms with Gasteiger partial charge in [0.05, 0.1) is 18.4 Å². The molecule has 10 heteroatoms. The molecule has 3 aromatic rings. The highest BCUT2D eigenvalue weighted by Gasteiger charge is 2.27. The fraction of sp³-hybridized carbons (Fsp3) is 0.364. The van der Waals surface area contributed by atoms with Crippen LogP contribution < -0.4 is 15.8 Å². The van der Waals surface area contributed by atoms with Crippen LogP contribution in [0.25, 0.3) is 11.4 Å². The van der Waals surface area contributed by atoms with Gasteiger partial charge >= 0.3 is 0 Å². The van der Waals surface area contributed by atoms with Gasteiger partial charge in [0.2, 0.25) is 5.91 Å². The molecule has 2 aromatic heterocycles. The van der Waals surface area contributed by atoms with Gasteiger partial charge in [-0.2, -0.15) is 0 Å². The van der Waals surface area contributed by atoms with Crippen molar-refractivity contribution in [2.75, 3.05) is 18.2 Å². The largest absolute Gasteiger partial charge is 0.497 e. The third-order valence-electron chi connectivity index (χ3n) is 5.51. The highest BCUT2D eigenvalue weighted by atomic mass is 32.2. The summed E-state index contributed by atoms with van der Waals surface area (Å²) in [6, 6.07) is 7.57. The molecule has 0 saturated heterocycles. The minimum atomic E-state index is -0.490. The SMILES string of the molecule is COc1cccc(-c2nnc(SCC(=O)Nc3sc4c(c3C(N)=O)CC[C@@H](C)C4)n2C)c1. The van der Waals surface area contributed by atoms with E-state index in [-0.39, 0.29) is 11.7 Å². The summed E-state index contributed by atoms with van der Waals surface area (Å²) in [6.45, 7) is 2.20. The molecular weight excluding hydrogens is 446 g/mol. The molecule has 1 aromatic carbocycles. The Labute approximate surface area is 194 Å². The van der Waals surface area contributed by atoms with E-state index >= 15 is 0 Å². The quantitative estimate of drug-likeness (QED) is 0.510. The van der Waals surface area contributed by atoms with Crippen molar-refractivity contribution in [1.29, 1.82) is 0 Å². The maximum atomic E-state index is 12.7. The number of hydrogen-bond acceptors (Lipinski definition) is 7. The number of hydrogen-bond donors (Lipinski definition) is 2. The number of thioether (sulfide) groups is 1. The smallest absolute Gasteiger partial charge is 0.251 e. The first kappa shape index (κ1) is 22.3. The van der Waals surface area contributed by atoms with Gasteiger partial charge in [-0.25, -0.2) is 0 Å². The van der Waals surface area contributed by atoms with E-state index < -0.39 is 5.91 Å². The van der Waals surface area contributed by atoms with Crippen LogP contribution in [-0.4, -0.2) is 39.4 Å². The number of rotatable bonds is 7. The average molecular weight is 472 g/mol. The van der Waals surface area contributed by atoms with Gasteiger partial charge in [0, 0.05) is 17.5 Å². The Bertz CT molecular complexity index is 1170. The molecule has 8 nitrogen and oxygen atoms in total. The van der Waals surface area contributed by atoms with Gasteiger partial charge in [-0.1, -0.05) is 30.8 Å².